The summed E-state index contributed by atoms with van der Waals surface area (Å²) in [6.45, 7) is 3.28. The molecule has 2 N–H and O–H groups in total. The van der Waals surface area contributed by atoms with Crippen LogP contribution in [0, 0.1) is 11.6 Å². The minimum Gasteiger partial charge on any atom is -0.454 e. The molecular formula is C24H20ClF2N5O3S2. The minimum absolute atomic E-state index is 0.00785. The zero-order valence-corrected chi connectivity index (χ0v) is 21.5. The Labute approximate surface area is 221 Å². The highest BCUT2D eigenvalue weighted by Gasteiger charge is 2.24. The van der Waals surface area contributed by atoms with Crippen molar-refractivity contribution >= 4 is 44.6 Å². The van der Waals surface area contributed by atoms with Crippen molar-refractivity contribution in [2.24, 2.45) is 0 Å². The number of hydrogen-bond donors (Lipinski definition) is 2. The van der Waals surface area contributed by atoms with Crippen molar-refractivity contribution in [3.63, 3.8) is 0 Å². The van der Waals surface area contributed by atoms with E-state index in [-0.39, 0.29) is 11.6 Å². The maximum atomic E-state index is 15.0. The van der Waals surface area contributed by atoms with E-state index in [1.54, 1.807) is 24.4 Å². The summed E-state index contributed by atoms with van der Waals surface area (Å²) in [5, 5.41) is 5.14. The Morgan fingerprint density at radius 3 is 2.59 bits per heavy atom. The van der Waals surface area contributed by atoms with Gasteiger partial charge in [0, 0.05) is 60.5 Å². The molecule has 0 bridgehead atoms. The van der Waals surface area contributed by atoms with Crippen LogP contribution in [0.1, 0.15) is 0 Å². The predicted octanol–water partition coefficient (Wildman–Crippen LogP) is 5.14. The molecule has 1 aliphatic rings. The monoisotopic (exact) mass is 563 g/mol. The van der Waals surface area contributed by atoms with Crippen LogP contribution in [-0.2, 0) is 10.0 Å². The average Bonchev–Trinajstić information content (AvgIpc) is 3.40. The van der Waals surface area contributed by atoms with E-state index in [1.165, 1.54) is 17.0 Å². The molecule has 1 saturated heterocycles. The van der Waals surface area contributed by atoms with Crippen molar-refractivity contribution in [2.75, 3.05) is 35.8 Å². The molecule has 2 aromatic carbocycles. The number of rotatable bonds is 7. The molecule has 0 unspecified atom stereocenters. The first kappa shape index (κ1) is 25.3. The summed E-state index contributed by atoms with van der Waals surface area (Å²) in [5.74, 6) is -1.74. The lowest BCUT2D eigenvalue weighted by atomic mass is 10.1. The number of halogens is 3. The fourth-order valence-corrected chi connectivity index (χ4v) is 5.64. The molecule has 1 fully saturated rings. The van der Waals surface area contributed by atoms with Crippen LogP contribution in [0.15, 0.2) is 64.4 Å². The van der Waals surface area contributed by atoms with Crippen molar-refractivity contribution in [1.29, 1.82) is 0 Å². The standard InChI is InChI=1S/C24H20ClF2N5O3S2/c25-16-1-2-20(17(10-16)15-3-4-29-24(9-15)32-7-5-28-6-8-32)35-21-11-19(27)22(12-18(21)26)37(33,34)31-23-13-36-14-30-23/h1-4,9-14,28,31H,5-8H2. The van der Waals surface area contributed by atoms with Gasteiger partial charge in [-0.15, -0.1) is 11.3 Å². The first-order valence-electron chi connectivity index (χ1n) is 11.1. The third-order valence-electron chi connectivity index (χ3n) is 5.61. The van der Waals surface area contributed by atoms with E-state index in [0.29, 0.717) is 28.3 Å². The largest absolute Gasteiger partial charge is 0.454 e. The summed E-state index contributed by atoms with van der Waals surface area (Å²) in [6.07, 6.45) is 1.66. The zero-order valence-electron chi connectivity index (χ0n) is 19.1. The molecule has 0 amide bonds. The highest BCUT2D eigenvalue weighted by atomic mass is 35.5. The summed E-state index contributed by atoms with van der Waals surface area (Å²) >= 11 is 7.39. The molecule has 0 atom stereocenters. The van der Waals surface area contributed by atoms with E-state index in [0.717, 1.165) is 43.3 Å². The molecule has 3 heterocycles. The van der Waals surface area contributed by atoms with E-state index in [9.17, 15) is 17.2 Å². The van der Waals surface area contributed by atoms with Crippen molar-refractivity contribution in [2.45, 2.75) is 4.90 Å². The quantitative estimate of drug-likeness (QED) is 0.321. The van der Waals surface area contributed by atoms with Crippen LogP contribution in [0.2, 0.25) is 5.02 Å². The molecule has 8 nitrogen and oxygen atoms in total. The molecule has 0 aliphatic carbocycles. The summed E-state index contributed by atoms with van der Waals surface area (Å²) in [6, 6.07) is 9.66. The summed E-state index contributed by atoms with van der Waals surface area (Å²) in [7, 11) is -4.41. The van der Waals surface area contributed by atoms with Crippen LogP contribution in [0.5, 0.6) is 11.5 Å². The smallest absolute Gasteiger partial charge is 0.266 e. The van der Waals surface area contributed by atoms with Gasteiger partial charge in [-0.3, -0.25) is 4.72 Å². The number of aromatic nitrogens is 2. The van der Waals surface area contributed by atoms with E-state index in [1.807, 2.05) is 6.07 Å². The molecular weight excluding hydrogens is 544 g/mol. The third kappa shape index (κ3) is 5.67. The maximum absolute atomic E-state index is 15.0. The lowest BCUT2D eigenvalue weighted by molar-refractivity contribution is 0.433. The van der Waals surface area contributed by atoms with Gasteiger partial charge in [-0.05, 0) is 35.9 Å². The molecule has 192 valence electrons. The van der Waals surface area contributed by atoms with Crippen molar-refractivity contribution in [3.8, 4) is 22.6 Å². The number of pyridine rings is 1. The molecule has 37 heavy (non-hydrogen) atoms. The third-order valence-corrected chi connectivity index (χ3v) is 7.80. The van der Waals surface area contributed by atoms with Crippen molar-refractivity contribution in [3.05, 3.63) is 76.2 Å². The summed E-state index contributed by atoms with van der Waals surface area (Å²) < 4.78 is 62.9. The highest BCUT2D eigenvalue weighted by Crippen LogP contribution is 2.38. The van der Waals surface area contributed by atoms with Crippen LogP contribution in [0.25, 0.3) is 11.1 Å². The number of anilines is 2. The first-order valence-corrected chi connectivity index (χ1v) is 13.9. The molecule has 5 rings (SSSR count). The number of hydrogen-bond acceptors (Lipinski definition) is 8. The van der Waals surface area contributed by atoms with Gasteiger partial charge in [0.1, 0.15) is 22.3 Å². The van der Waals surface area contributed by atoms with Crippen LogP contribution < -0.4 is 19.7 Å². The van der Waals surface area contributed by atoms with Gasteiger partial charge < -0.3 is 15.0 Å². The van der Waals surface area contributed by atoms with Gasteiger partial charge in [0.15, 0.2) is 17.4 Å². The van der Waals surface area contributed by atoms with E-state index < -0.39 is 32.3 Å². The highest BCUT2D eigenvalue weighted by molar-refractivity contribution is 7.92. The Morgan fingerprint density at radius 2 is 1.84 bits per heavy atom. The van der Waals surface area contributed by atoms with Crippen LogP contribution in [0.3, 0.4) is 0 Å². The van der Waals surface area contributed by atoms with Crippen LogP contribution >= 0.6 is 22.9 Å². The van der Waals surface area contributed by atoms with Gasteiger partial charge in [-0.2, -0.15) is 0 Å². The summed E-state index contributed by atoms with van der Waals surface area (Å²) in [5.41, 5.74) is 2.66. The van der Waals surface area contributed by atoms with Gasteiger partial charge in [0.25, 0.3) is 10.0 Å². The van der Waals surface area contributed by atoms with Gasteiger partial charge in [-0.25, -0.2) is 27.2 Å². The second kappa shape index (κ2) is 10.6. The van der Waals surface area contributed by atoms with Gasteiger partial charge >= 0.3 is 0 Å². The Morgan fingerprint density at radius 1 is 1.03 bits per heavy atom. The Hall–Kier alpha value is -3.32. The number of piperazine rings is 1. The molecule has 13 heteroatoms. The molecule has 4 aromatic rings. The van der Waals surface area contributed by atoms with E-state index >= 15 is 0 Å². The topological polar surface area (TPSA) is 96.5 Å². The molecule has 2 aromatic heterocycles. The number of ether oxygens (including phenoxy) is 1. The molecule has 0 saturated carbocycles. The number of benzene rings is 2. The molecule has 0 radical (unpaired) electrons. The first-order chi connectivity index (χ1) is 17.8. The predicted molar refractivity (Wildman–Crippen MR) is 139 cm³/mol. The number of nitrogens with zero attached hydrogens (tertiary/aromatic N) is 3. The van der Waals surface area contributed by atoms with E-state index in [4.69, 9.17) is 16.3 Å². The van der Waals surface area contributed by atoms with Crippen molar-refractivity contribution in [1.82, 2.24) is 15.3 Å². The number of nitrogens with one attached hydrogen (secondary N) is 2. The van der Waals surface area contributed by atoms with Gasteiger partial charge in [-0.1, -0.05) is 11.6 Å². The SMILES string of the molecule is O=S(=O)(Nc1cscn1)c1cc(F)c(Oc2ccc(Cl)cc2-c2ccnc(N3CCNCC3)c2)cc1F. The van der Waals surface area contributed by atoms with Crippen LogP contribution in [-0.4, -0.2) is 44.6 Å². The summed E-state index contributed by atoms with van der Waals surface area (Å²) in [4.78, 5) is 9.53. The average molecular weight is 564 g/mol. The van der Waals surface area contributed by atoms with E-state index in [2.05, 4.69) is 24.9 Å². The zero-order chi connectivity index (χ0) is 26.0. The number of thiazole rings is 1. The molecule has 0 spiro atoms. The van der Waals surface area contributed by atoms with Crippen molar-refractivity contribution < 1.29 is 21.9 Å². The lowest BCUT2D eigenvalue weighted by Crippen LogP contribution is -2.43. The minimum atomic E-state index is -4.41. The Kier molecular flexibility index (Phi) is 7.24. The van der Waals surface area contributed by atoms with Gasteiger partial charge in [0.05, 0.1) is 5.51 Å². The second-order valence-corrected chi connectivity index (χ2v) is 10.9. The molecule has 1 aliphatic heterocycles. The lowest BCUT2D eigenvalue weighted by Gasteiger charge is -2.28. The fraction of sp³-hybridized carbons (Fsp3) is 0.167. The normalized spacial score (nSPS) is 14.0. The maximum Gasteiger partial charge on any atom is 0.266 e. The number of sulfonamides is 1. The second-order valence-electron chi connectivity index (χ2n) is 8.07. The van der Waals surface area contributed by atoms with Gasteiger partial charge in [0.2, 0.25) is 0 Å². The Bertz CT molecular complexity index is 1530. The van der Waals surface area contributed by atoms with Crippen LogP contribution in [0.4, 0.5) is 20.4 Å². The Balaban J connectivity index is 1.46. The fourth-order valence-electron chi connectivity index (χ4n) is 3.84.